The van der Waals surface area contributed by atoms with E-state index in [0.717, 1.165) is 0 Å². The molecule has 0 aliphatic heterocycles. The van der Waals surface area contributed by atoms with Crippen LogP contribution < -0.4 is 11.3 Å². The Balaban J connectivity index is 3.07. The van der Waals surface area contributed by atoms with E-state index >= 15 is 0 Å². The third-order valence-electron chi connectivity index (χ3n) is 1.44. The van der Waals surface area contributed by atoms with Gasteiger partial charge >= 0.3 is 5.56 Å². The lowest BCUT2D eigenvalue weighted by Crippen LogP contribution is -2.14. The zero-order valence-electron chi connectivity index (χ0n) is 5.78. The number of nitrogens with two attached hydrogens (primary N) is 1. The van der Waals surface area contributed by atoms with Gasteiger partial charge in [0.15, 0.2) is 11.2 Å². The maximum Gasteiger partial charge on any atom is 0.300 e. The molecule has 2 heterocycles. The van der Waals surface area contributed by atoms with Crippen LogP contribution in [0, 0.1) is 0 Å². The number of H-pyrrole nitrogens is 1. The maximum absolute atomic E-state index is 12.9. The van der Waals surface area contributed by atoms with Crippen LogP contribution in [0.5, 0.6) is 0 Å². The minimum atomic E-state index is -0.617. The van der Waals surface area contributed by atoms with E-state index in [1.807, 2.05) is 0 Å². The Hall–Kier alpha value is -1.92. The third kappa shape index (κ3) is 0.698. The number of rotatable bonds is 0. The van der Waals surface area contributed by atoms with E-state index < -0.39 is 11.5 Å². The Kier molecular flexibility index (Phi) is 1.15. The van der Waals surface area contributed by atoms with Crippen molar-refractivity contribution < 1.29 is 4.48 Å². The highest BCUT2D eigenvalue weighted by Gasteiger charge is 2.09. The largest absolute Gasteiger partial charge is 0.367 e. The van der Waals surface area contributed by atoms with Gasteiger partial charge < -0.3 is 10.7 Å². The summed E-state index contributed by atoms with van der Waals surface area (Å²) in [6, 6.07) is 0. The Labute approximate surface area is 64.8 Å². The predicted octanol–water partition coefficient (Wildman–Crippen LogP) is -0.566. The molecule has 0 aliphatic carbocycles. The summed E-state index contributed by atoms with van der Waals surface area (Å²) in [5.41, 5.74) is 4.31. The molecule has 0 radical (unpaired) electrons. The van der Waals surface area contributed by atoms with E-state index in [-0.39, 0.29) is 16.0 Å². The fourth-order valence-electron chi connectivity index (χ4n) is 0.906. The molecular weight excluding hydrogens is 165 g/mol. The Morgan fingerprint density at radius 2 is 2.42 bits per heavy atom. The van der Waals surface area contributed by atoms with Gasteiger partial charge in [0.05, 0.1) is 6.33 Å². The number of imidazole rings is 1. The topological polar surface area (TPSA) is 89.6 Å². The molecule has 3 N–H and O–H groups in total. The summed E-state index contributed by atoms with van der Waals surface area (Å²) < 4.78 is 12.9. The third-order valence-corrected chi connectivity index (χ3v) is 1.44. The highest BCUT2D eigenvalue weighted by Crippen LogP contribution is 2.06. The van der Waals surface area contributed by atoms with E-state index in [1.165, 1.54) is 6.33 Å². The molecule has 0 saturated heterocycles. The van der Waals surface area contributed by atoms with Crippen LogP contribution in [0.1, 0.15) is 0 Å². The van der Waals surface area contributed by atoms with Gasteiger partial charge in [-0.3, -0.25) is 4.79 Å². The van der Waals surface area contributed by atoms with Gasteiger partial charge in [-0.25, -0.2) is 4.98 Å². The molecule has 0 bridgehead atoms. The quantitative estimate of drug-likeness (QED) is 0.552. The molecule has 0 atom stereocenters. The fourth-order valence-corrected chi connectivity index (χ4v) is 0.906. The average Bonchev–Trinajstić information content (AvgIpc) is 2.48. The van der Waals surface area contributed by atoms with Gasteiger partial charge in [-0.1, -0.05) is 4.48 Å². The van der Waals surface area contributed by atoms with Gasteiger partial charge in [0.1, 0.15) is 0 Å². The molecule has 62 valence electrons. The molecule has 2 aromatic heterocycles. The van der Waals surface area contributed by atoms with Crippen molar-refractivity contribution in [1.29, 1.82) is 0 Å². The summed E-state index contributed by atoms with van der Waals surface area (Å²) in [7, 11) is 0. The Bertz CT molecular complexity index is 486. The van der Waals surface area contributed by atoms with Crippen molar-refractivity contribution in [3.63, 3.8) is 0 Å². The molecular formula is C5H4FN5O. The number of aromatic nitrogens is 4. The first kappa shape index (κ1) is 6.77. The molecule has 0 aliphatic rings. The van der Waals surface area contributed by atoms with E-state index in [4.69, 9.17) is 5.73 Å². The number of nitrogens with zero attached hydrogens (tertiary/aromatic N) is 3. The minimum absolute atomic E-state index is 0.00620. The molecule has 7 heteroatoms. The highest BCUT2D eigenvalue weighted by molar-refractivity contribution is 5.69. The lowest BCUT2D eigenvalue weighted by molar-refractivity contribution is 0.384. The van der Waals surface area contributed by atoms with Gasteiger partial charge in [0.25, 0.3) is 0 Å². The number of fused-ring (bicyclic) bond motifs is 1. The lowest BCUT2D eigenvalue weighted by Gasteiger charge is -1.95. The molecule has 0 amide bonds. The van der Waals surface area contributed by atoms with E-state index in [9.17, 15) is 9.28 Å². The summed E-state index contributed by atoms with van der Waals surface area (Å²) in [5.74, 6) is -0.500. The summed E-state index contributed by atoms with van der Waals surface area (Å²) >= 11 is 0. The molecule has 2 rings (SSSR count). The number of halogens is 1. The Morgan fingerprint density at radius 1 is 1.67 bits per heavy atom. The second-order valence-corrected chi connectivity index (χ2v) is 2.16. The summed E-state index contributed by atoms with van der Waals surface area (Å²) in [5, 5.41) is 0. The molecule has 0 unspecified atom stereocenters. The van der Waals surface area contributed by atoms with Gasteiger partial charge in [-0.2, -0.15) is 4.98 Å². The van der Waals surface area contributed by atoms with Gasteiger partial charge in [0.2, 0.25) is 5.95 Å². The van der Waals surface area contributed by atoms with Crippen LogP contribution >= 0.6 is 0 Å². The van der Waals surface area contributed by atoms with Crippen LogP contribution in [0.4, 0.5) is 10.4 Å². The van der Waals surface area contributed by atoms with Crippen molar-refractivity contribution in [3.8, 4) is 0 Å². The second kappa shape index (κ2) is 2.03. The van der Waals surface area contributed by atoms with Crippen molar-refractivity contribution in [3.05, 3.63) is 16.7 Å². The molecule has 12 heavy (non-hydrogen) atoms. The van der Waals surface area contributed by atoms with E-state index in [0.29, 0.717) is 0 Å². The number of hydrogen-bond donors (Lipinski definition) is 2. The Morgan fingerprint density at radius 3 is 3.17 bits per heavy atom. The smallest absolute Gasteiger partial charge is 0.300 e. The van der Waals surface area contributed by atoms with Crippen molar-refractivity contribution >= 4 is 17.1 Å². The maximum atomic E-state index is 12.9. The number of nitrogens with one attached hydrogen (secondary N) is 1. The first-order valence-electron chi connectivity index (χ1n) is 3.08. The van der Waals surface area contributed by atoms with Gasteiger partial charge in [0, 0.05) is 0 Å². The SMILES string of the molecule is Nc1nc(=O)c2[nH]cnc2n1F. The van der Waals surface area contributed by atoms with Crippen molar-refractivity contribution in [2.24, 2.45) is 0 Å². The fraction of sp³-hybridized carbons (Fsp3) is 0. The zero-order chi connectivity index (χ0) is 8.72. The van der Waals surface area contributed by atoms with Crippen molar-refractivity contribution in [2.45, 2.75) is 0 Å². The monoisotopic (exact) mass is 169 g/mol. The van der Waals surface area contributed by atoms with Crippen LogP contribution in [0.2, 0.25) is 0 Å². The molecule has 0 spiro atoms. The average molecular weight is 169 g/mol. The summed E-state index contributed by atoms with van der Waals surface area (Å²) in [4.78, 5) is 20.2. The predicted molar refractivity (Wildman–Crippen MR) is 39.1 cm³/mol. The van der Waals surface area contributed by atoms with Crippen molar-refractivity contribution in [2.75, 3.05) is 5.73 Å². The van der Waals surface area contributed by atoms with Crippen LogP contribution in [0.3, 0.4) is 0 Å². The minimum Gasteiger partial charge on any atom is -0.367 e. The van der Waals surface area contributed by atoms with E-state index in [2.05, 4.69) is 15.0 Å². The van der Waals surface area contributed by atoms with Crippen LogP contribution in [0.25, 0.3) is 11.2 Å². The number of hydrogen-bond acceptors (Lipinski definition) is 4. The highest BCUT2D eigenvalue weighted by atomic mass is 19.2. The first-order valence-corrected chi connectivity index (χ1v) is 3.08. The van der Waals surface area contributed by atoms with Gasteiger partial charge in [-0.05, 0) is 0 Å². The molecule has 0 saturated carbocycles. The number of nitrogen functional groups attached to an aromatic ring is 1. The number of anilines is 1. The lowest BCUT2D eigenvalue weighted by atomic mass is 10.5. The van der Waals surface area contributed by atoms with Crippen LogP contribution in [0.15, 0.2) is 11.1 Å². The standard InChI is InChI=1S/C5H4FN5O/c6-11-3-2(8-1-9-3)4(12)10-5(11)7/h1H,(H,8,9)(H2,7,10,12). The van der Waals surface area contributed by atoms with Gasteiger partial charge in [-0.15, -0.1) is 4.79 Å². The normalized spacial score (nSPS) is 10.8. The van der Waals surface area contributed by atoms with E-state index in [1.54, 1.807) is 0 Å². The molecule has 0 aromatic carbocycles. The zero-order valence-corrected chi connectivity index (χ0v) is 5.78. The van der Waals surface area contributed by atoms with Crippen molar-refractivity contribution in [1.82, 2.24) is 19.7 Å². The summed E-state index contributed by atoms with van der Waals surface area (Å²) in [6.07, 6.45) is 1.20. The molecule has 0 fully saturated rings. The number of aromatic amines is 1. The second-order valence-electron chi connectivity index (χ2n) is 2.16. The molecule has 2 aromatic rings. The van der Waals surface area contributed by atoms with Crippen LogP contribution in [-0.4, -0.2) is 19.7 Å². The first-order chi connectivity index (χ1) is 5.70. The van der Waals surface area contributed by atoms with Crippen LogP contribution in [-0.2, 0) is 0 Å². The molecule has 6 nitrogen and oxygen atoms in total. The summed E-state index contributed by atoms with van der Waals surface area (Å²) in [6.45, 7) is 0.